The van der Waals surface area contributed by atoms with Gasteiger partial charge >= 0.3 is 0 Å². The lowest BCUT2D eigenvalue weighted by molar-refractivity contribution is 0.304. The van der Waals surface area contributed by atoms with E-state index in [9.17, 15) is 8.78 Å². The summed E-state index contributed by atoms with van der Waals surface area (Å²) >= 11 is 0. The van der Waals surface area contributed by atoms with Gasteiger partial charge in [-0.25, -0.2) is 8.78 Å². The third kappa shape index (κ3) is 4.68. The van der Waals surface area contributed by atoms with Crippen LogP contribution in [0.15, 0.2) is 23.4 Å². The summed E-state index contributed by atoms with van der Waals surface area (Å²) in [6, 6.07) is 3.45. The molecule has 0 aliphatic heterocycles. The summed E-state index contributed by atoms with van der Waals surface area (Å²) in [5.74, 6) is -0.981. The Hall–Kier alpha value is -1.85. The predicted octanol–water partition coefficient (Wildman–Crippen LogP) is 3.32. The SMILES string of the molecule is CC(C)(CCCCNc1ccc(F)cc1F)/C(N)=N/O. The molecule has 1 aromatic carbocycles. The molecule has 20 heavy (non-hydrogen) atoms. The minimum Gasteiger partial charge on any atom is -0.409 e. The van der Waals surface area contributed by atoms with E-state index in [1.807, 2.05) is 13.8 Å². The number of halogens is 2. The number of nitrogens with zero attached hydrogens (tertiary/aromatic N) is 1. The summed E-state index contributed by atoms with van der Waals surface area (Å²) in [6.07, 6.45) is 2.41. The molecule has 0 amide bonds. The van der Waals surface area contributed by atoms with Gasteiger partial charge in [-0.1, -0.05) is 25.4 Å². The van der Waals surface area contributed by atoms with Crippen molar-refractivity contribution in [2.45, 2.75) is 33.1 Å². The third-order valence-electron chi connectivity index (χ3n) is 3.28. The molecule has 0 unspecified atom stereocenters. The second-order valence-electron chi connectivity index (χ2n) is 5.38. The summed E-state index contributed by atoms with van der Waals surface area (Å²) in [5, 5.41) is 14.6. The van der Waals surface area contributed by atoms with Crippen molar-refractivity contribution in [3.05, 3.63) is 29.8 Å². The fourth-order valence-electron chi connectivity index (χ4n) is 1.81. The fraction of sp³-hybridized carbons (Fsp3) is 0.500. The molecule has 0 atom stereocenters. The molecule has 0 aliphatic carbocycles. The van der Waals surface area contributed by atoms with Gasteiger partial charge in [-0.05, 0) is 25.0 Å². The van der Waals surface area contributed by atoms with E-state index in [4.69, 9.17) is 10.9 Å². The lowest BCUT2D eigenvalue weighted by atomic mass is 9.86. The van der Waals surface area contributed by atoms with E-state index < -0.39 is 11.6 Å². The molecule has 0 saturated carbocycles. The van der Waals surface area contributed by atoms with Crippen LogP contribution in [0.25, 0.3) is 0 Å². The van der Waals surface area contributed by atoms with Crippen molar-refractivity contribution in [3.63, 3.8) is 0 Å². The summed E-state index contributed by atoms with van der Waals surface area (Å²) in [6.45, 7) is 4.37. The van der Waals surface area contributed by atoms with Crippen molar-refractivity contribution in [2.24, 2.45) is 16.3 Å². The van der Waals surface area contributed by atoms with Gasteiger partial charge in [0.1, 0.15) is 17.5 Å². The van der Waals surface area contributed by atoms with Gasteiger partial charge in [0.05, 0.1) is 5.69 Å². The molecule has 6 heteroatoms. The average Bonchev–Trinajstić information content (AvgIpc) is 2.39. The Balaban J connectivity index is 2.32. The maximum absolute atomic E-state index is 13.3. The maximum Gasteiger partial charge on any atom is 0.149 e. The first-order chi connectivity index (χ1) is 9.36. The normalized spacial score (nSPS) is 12.5. The zero-order chi connectivity index (χ0) is 15.2. The smallest absolute Gasteiger partial charge is 0.149 e. The molecule has 0 aromatic heterocycles. The monoisotopic (exact) mass is 285 g/mol. The van der Waals surface area contributed by atoms with Crippen molar-refractivity contribution in [1.29, 1.82) is 0 Å². The number of nitrogens with two attached hydrogens (primary N) is 1. The van der Waals surface area contributed by atoms with Crippen LogP contribution in [0.2, 0.25) is 0 Å². The molecule has 4 nitrogen and oxygen atoms in total. The molecule has 1 rings (SSSR count). The van der Waals surface area contributed by atoms with E-state index in [0.29, 0.717) is 12.2 Å². The summed E-state index contributed by atoms with van der Waals surface area (Å²) < 4.78 is 26.1. The largest absolute Gasteiger partial charge is 0.409 e. The molecule has 0 fully saturated rings. The molecule has 0 heterocycles. The van der Waals surface area contributed by atoms with Crippen molar-refractivity contribution in [2.75, 3.05) is 11.9 Å². The Labute approximate surface area is 117 Å². The number of anilines is 1. The summed E-state index contributed by atoms with van der Waals surface area (Å²) in [4.78, 5) is 0. The van der Waals surface area contributed by atoms with Crippen LogP contribution in [0.4, 0.5) is 14.5 Å². The Bertz CT molecular complexity index is 475. The Morgan fingerprint density at radius 3 is 2.65 bits per heavy atom. The fourth-order valence-corrected chi connectivity index (χ4v) is 1.81. The molecule has 0 aliphatic rings. The molecule has 4 N–H and O–H groups in total. The number of unbranched alkanes of at least 4 members (excludes halogenated alkanes) is 1. The maximum atomic E-state index is 13.3. The number of rotatable bonds is 7. The van der Waals surface area contributed by atoms with Gasteiger partial charge in [0.2, 0.25) is 0 Å². The number of nitrogens with one attached hydrogen (secondary N) is 1. The highest BCUT2D eigenvalue weighted by Crippen LogP contribution is 2.23. The topological polar surface area (TPSA) is 70.6 Å². The molecule has 0 spiro atoms. The van der Waals surface area contributed by atoms with Crippen molar-refractivity contribution >= 4 is 11.5 Å². The average molecular weight is 285 g/mol. The highest BCUT2D eigenvalue weighted by molar-refractivity contribution is 5.85. The quantitative estimate of drug-likeness (QED) is 0.237. The van der Waals surface area contributed by atoms with Crippen molar-refractivity contribution in [1.82, 2.24) is 0 Å². The molecule has 112 valence electrons. The van der Waals surface area contributed by atoms with Crippen LogP contribution in [0.1, 0.15) is 33.1 Å². The van der Waals surface area contributed by atoms with Crippen molar-refractivity contribution in [3.8, 4) is 0 Å². The highest BCUT2D eigenvalue weighted by atomic mass is 19.1. The van der Waals surface area contributed by atoms with E-state index >= 15 is 0 Å². The van der Waals surface area contributed by atoms with Crippen LogP contribution >= 0.6 is 0 Å². The molecular weight excluding hydrogens is 264 g/mol. The number of amidine groups is 1. The first kappa shape index (κ1) is 16.2. The lowest BCUT2D eigenvalue weighted by Crippen LogP contribution is -2.31. The van der Waals surface area contributed by atoms with Crippen LogP contribution in [0.3, 0.4) is 0 Å². The molecule has 0 bridgehead atoms. The first-order valence-electron chi connectivity index (χ1n) is 6.54. The first-order valence-corrected chi connectivity index (χ1v) is 6.54. The number of hydrogen-bond donors (Lipinski definition) is 3. The highest BCUT2D eigenvalue weighted by Gasteiger charge is 2.22. The van der Waals surface area contributed by atoms with E-state index in [1.54, 1.807) is 0 Å². The summed E-state index contributed by atoms with van der Waals surface area (Å²) in [5.41, 5.74) is 5.52. The Morgan fingerprint density at radius 1 is 1.35 bits per heavy atom. The van der Waals surface area contributed by atoms with E-state index in [-0.39, 0.29) is 11.3 Å². The number of benzene rings is 1. The van der Waals surface area contributed by atoms with Gasteiger partial charge in [0.25, 0.3) is 0 Å². The second-order valence-corrected chi connectivity index (χ2v) is 5.38. The van der Waals surface area contributed by atoms with E-state index in [2.05, 4.69) is 10.5 Å². The zero-order valence-corrected chi connectivity index (χ0v) is 11.8. The number of hydrogen-bond acceptors (Lipinski definition) is 3. The van der Waals surface area contributed by atoms with Crippen LogP contribution in [-0.2, 0) is 0 Å². The minimum absolute atomic E-state index is 0.204. The standard InChI is InChI=1S/C14H21F2N3O/c1-14(2,13(17)19-20)7-3-4-8-18-12-6-5-10(15)9-11(12)16/h5-6,9,18,20H,3-4,7-8H2,1-2H3,(H2,17,19). The molecule has 0 saturated heterocycles. The van der Waals surface area contributed by atoms with Gasteiger partial charge < -0.3 is 16.3 Å². The van der Waals surface area contributed by atoms with Gasteiger partial charge in [-0.15, -0.1) is 0 Å². The Kier molecular flexibility index (Phi) is 5.73. The van der Waals surface area contributed by atoms with Crippen LogP contribution in [0.5, 0.6) is 0 Å². The number of oxime groups is 1. The van der Waals surface area contributed by atoms with Crippen LogP contribution in [-0.4, -0.2) is 17.6 Å². The van der Waals surface area contributed by atoms with Crippen molar-refractivity contribution < 1.29 is 14.0 Å². The second kappa shape index (κ2) is 7.07. The third-order valence-corrected chi connectivity index (χ3v) is 3.28. The molecule has 1 aromatic rings. The van der Waals surface area contributed by atoms with Gasteiger partial charge in [0, 0.05) is 18.0 Å². The predicted molar refractivity (Wildman–Crippen MR) is 75.9 cm³/mol. The molecule has 0 radical (unpaired) electrons. The zero-order valence-electron chi connectivity index (χ0n) is 11.8. The van der Waals surface area contributed by atoms with Gasteiger partial charge in [-0.2, -0.15) is 0 Å². The van der Waals surface area contributed by atoms with E-state index in [1.165, 1.54) is 12.1 Å². The molecular formula is C14H21F2N3O. The van der Waals surface area contributed by atoms with E-state index in [0.717, 1.165) is 25.3 Å². The van der Waals surface area contributed by atoms with Gasteiger partial charge in [-0.3, -0.25) is 0 Å². The summed E-state index contributed by atoms with van der Waals surface area (Å²) in [7, 11) is 0. The lowest BCUT2D eigenvalue weighted by Gasteiger charge is -2.22. The minimum atomic E-state index is -0.595. The van der Waals surface area contributed by atoms with Crippen LogP contribution in [0, 0.1) is 17.0 Å². The van der Waals surface area contributed by atoms with Gasteiger partial charge in [0.15, 0.2) is 0 Å². The Morgan fingerprint density at radius 2 is 2.05 bits per heavy atom. The van der Waals surface area contributed by atoms with Crippen LogP contribution < -0.4 is 11.1 Å².